The van der Waals surface area contributed by atoms with E-state index in [1.54, 1.807) is 13.1 Å². The van der Waals surface area contributed by atoms with Gasteiger partial charge in [0, 0.05) is 20.6 Å². The topological polar surface area (TPSA) is 41.1 Å². The molecule has 0 bridgehead atoms. The van der Waals surface area contributed by atoms with Crippen molar-refractivity contribution < 1.29 is 4.39 Å². The van der Waals surface area contributed by atoms with E-state index in [-0.39, 0.29) is 5.82 Å². The third-order valence-electron chi connectivity index (χ3n) is 2.62. The van der Waals surface area contributed by atoms with Crippen LogP contribution in [-0.2, 0) is 6.54 Å². The average molecular weight is 281 g/mol. The average Bonchev–Trinajstić information content (AvgIpc) is 2.39. The van der Waals surface area contributed by atoms with Gasteiger partial charge < -0.3 is 10.2 Å². The highest BCUT2D eigenvalue weighted by Gasteiger charge is 2.10. The monoisotopic (exact) mass is 280 g/mol. The van der Waals surface area contributed by atoms with Gasteiger partial charge in [0.1, 0.15) is 10.8 Å². The van der Waals surface area contributed by atoms with Crippen LogP contribution in [0.1, 0.15) is 5.56 Å². The molecule has 1 heterocycles. The van der Waals surface area contributed by atoms with Gasteiger partial charge in [-0.1, -0.05) is 23.7 Å². The molecule has 4 nitrogen and oxygen atoms in total. The molecule has 2 rings (SSSR count). The summed E-state index contributed by atoms with van der Waals surface area (Å²) in [5.74, 6) is 0.839. The number of halogens is 2. The summed E-state index contributed by atoms with van der Waals surface area (Å²) in [4.78, 5) is 10.2. The van der Waals surface area contributed by atoms with Gasteiger partial charge in [0.25, 0.3) is 0 Å². The molecule has 19 heavy (non-hydrogen) atoms. The van der Waals surface area contributed by atoms with Gasteiger partial charge in [0.2, 0.25) is 5.95 Å². The summed E-state index contributed by atoms with van der Waals surface area (Å²) in [6.45, 7) is 0.512. The highest BCUT2D eigenvalue weighted by atomic mass is 35.5. The van der Waals surface area contributed by atoms with Crippen LogP contribution >= 0.6 is 11.6 Å². The minimum Gasteiger partial charge on any atom is -0.357 e. The standard InChI is InChI=1S/C13H14ClFN4/c1-16-13-17-7-11(14)12(18-13)19(2)8-9-4-3-5-10(15)6-9/h3-7H,8H2,1-2H3,(H,16,17,18). The zero-order chi connectivity index (χ0) is 13.8. The summed E-state index contributed by atoms with van der Waals surface area (Å²) in [6, 6.07) is 6.44. The second-order valence-electron chi connectivity index (χ2n) is 4.10. The minimum absolute atomic E-state index is 0.254. The summed E-state index contributed by atoms with van der Waals surface area (Å²) < 4.78 is 13.1. The maximum Gasteiger partial charge on any atom is 0.224 e. The van der Waals surface area contributed by atoms with E-state index in [4.69, 9.17) is 11.6 Å². The first-order valence-electron chi connectivity index (χ1n) is 5.76. The van der Waals surface area contributed by atoms with Crippen LogP contribution in [0.4, 0.5) is 16.2 Å². The van der Waals surface area contributed by atoms with Crippen LogP contribution in [0.3, 0.4) is 0 Å². The summed E-state index contributed by atoms with van der Waals surface area (Å²) in [5, 5.41) is 3.31. The first-order valence-corrected chi connectivity index (χ1v) is 6.14. The lowest BCUT2D eigenvalue weighted by Crippen LogP contribution is -2.19. The summed E-state index contributed by atoms with van der Waals surface area (Å²) in [7, 11) is 3.58. The molecule has 2 aromatic rings. The second-order valence-corrected chi connectivity index (χ2v) is 4.51. The lowest BCUT2D eigenvalue weighted by Gasteiger charge is -2.19. The summed E-state index contributed by atoms with van der Waals surface area (Å²) in [5.41, 5.74) is 0.850. The van der Waals surface area contributed by atoms with Crippen LogP contribution < -0.4 is 10.2 Å². The molecule has 0 aliphatic carbocycles. The Labute approximate surface area is 116 Å². The molecular formula is C13H14ClFN4. The van der Waals surface area contributed by atoms with Crippen LogP contribution in [0.5, 0.6) is 0 Å². The molecule has 0 spiro atoms. The Bertz CT molecular complexity index is 576. The van der Waals surface area contributed by atoms with E-state index >= 15 is 0 Å². The number of nitrogens with one attached hydrogen (secondary N) is 1. The fraction of sp³-hybridized carbons (Fsp3) is 0.231. The van der Waals surface area contributed by atoms with Gasteiger partial charge >= 0.3 is 0 Å². The Hall–Kier alpha value is -1.88. The van der Waals surface area contributed by atoms with E-state index in [1.807, 2.05) is 18.0 Å². The maximum absolute atomic E-state index is 13.1. The van der Waals surface area contributed by atoms with E-state index in [0.717, 1.165) is 5.56 Å². The van der Waals surface area contributed by atoms with Gasteiger partial charge in [-0.3, -0.25) is 0 Å². The van der Waals surface area contributed by atoms with Crippen molar-refractivity contribution >= 4 is 23.4 Å². The Morgan fingerprint density at radius 3 is 2.89 bits per heavy atom. The smallest absolute Gasteiger partial charge is 0.224 e. The molecule has 0 aliphatic heterocycles. The van der Waals surface area contributed by atoms with Crippen molar-refractivity contribution in [2.45, 2.75) is 6.54 Å². The summed E-state index contributed by atoms with van der Waals surface area (Å²) in [6.07, 6.45) is 1.54. The van der Waals surface area contributed by atoms with Gasteiger partial charge in [-0.25, -0.2) is 9.37 Å². The number of hydrogen-bond donors (Lipinski definition) is 1. The lowest BCUT2D eigenvalue weighted by atomic mass is 10.2. The zero-order valence-electron chi connectivity index (χ0n) is 10.7. The van der Waals surface area contributed by atoms with Gasteiger partial charge in [0.05, 0.1) is 6.20 Å². The number of anilines is 2. The predicted octanol–water partition coefficient (Wildman–Crippen LogP) is 2.95. The minimum atomic E-state index is -0.254. The molecule has 1 N–H and O–H groups in total. The third kappa shape index (κ3) is 3.32. The van der Waals surface area contributed by atoms with Crippen LogP contribution in [0.2, 0.25) is 5.02 Å². The largest absolute Gasteiger partial charge is 0.357 e. The van der Waals surface area contributed by atoms with Crippen molar-refractivity contribution in [3.05, 3.63) is 46.9 Å². The lowest BCUT2D eigenvalue weighted by molar-refractivity contribution is 0.625. The molecule has 0 fully saturated rings. The molecular weight excluding hydrogens is 267 g/mol. The van der Waals surface area contributed by atoms with Crippen molar-refractivity contribution in [1.29, 1.82) is 0 Å². The summed E-state index contributed by atoms with van der Waals surface area (Å²) >= 11 is 6.08. The normalized spacial score (nSPS) is 10.3. The van der Waals surface area contributed by atoms with Gasteiger partial charge in [0.15, 0.2) is 5.82 Å². The van der Waals surface area contributed by atoms with Crippen LogP contribution in [0.15, 0.2) is 30.5 Å². The second kappa shape index (κ2) is 5.84. The Kier molecular flexibility index (Phi) is 4.16. The van der Waals surface area contributed by atoms with E-state index in [0.29, 0.717) is 23.3 Å². The molecule has 0 saturated heterocycles. The molecule has 0 amide bonds. The number of hydrogen-bond acceptors (Lipinski definition) is 4. The first-order chi connectivity index (χ1) is 9.10. The fourth-order valence-electron chi connectivity index (χ4n) is 1.73. The molecule has 0 unspecified atom stereocenters. The molecule has 0 aliphatic rings. The highest BCUT2D eigenvalue weighted by molar-refractivity contribution is 6.32. The molecule has 0 atom stereocenters. The highest BCUT2D eigenvalue weighted by Crippen LogP contribution is 2.24. The molecule has 0 saturated carbocycles. The van der Waals surface area contributed by atoms with E-state index < -0.39 is 0 Å². The quantitative estimate of drug-likeness (QED) is 0.935. The molecule has 6 heteroatoms. The Balaban J connectivity index is 2.22. The first kappa shape index (κ1) is 13.5. The van der Waals surface area contributed by atoms with Gasteiger partial charge in [-0.2, -0.15) is 4.98 Å². The number of aromatic nitrogens is 2. The third-order valence-corrected chi connectivity index (χ3v) is 2.89. The molecule has 100 valence electrons. The van der Waals surface area contributed by atoms with E-state index in [1.165, 1.54) is 18.3 Å². The predicted molar refractivity (Wildman–Crippen MR) is 75.1 cm³/mol. The number of nitrogens with zero attached hydrogens (tertiary/aromatic N) is 3. The van der Waals surface area contributed by atoms with Crippen LogP contribution in [0.25, 0.3) is 0 Å². The number of rotatable bonds is 4. The van der Waals surface area contributed by atoms with E-state index in [2.05, 4.69) is 15.3 Å². The number of benzene rings is 1. The van der Waals surface area contributed by atoms with Crippen LogP contribution in [0, 0.1) is 5.82 Å². The van der Waals surface area contributed by atoms with Crippen molar-refractivity contribution in [2.24, 2.45) is 0 Å². The van der Waals surface area contributed by atoms with Crippen molar-refractivity contribution in [1.82, 2.24) is 9.97 Å². The van der Waals surface area contributed by atoms with Crippen LogP contribution in [-0.4, -0.2) is 24.1 Å². The molecule has 1 aromatic carbocycles. The SMILES string of the molecule is CNc1ncc(Cl)c(N(C)Cc2cccc(F)c2)n1. The Morgan fingerprint density at radius 1 is 1.42 bits per heavy atom. The van der Waals surface area contributed by atoms with Gasteiger partial charge in [-0.05, 0) is 17.7 Å². The van der Waals surface area contributed by atoms with Crippen molar-refractivity contribution in [3.63, 3.8) is 0 Å². The molecule has 1 aromatic heterocycles. The van der Waals surface area contributed by atoms with E-state index in [9.17, 15) is 4.39 Å². The maximum atomic E-state index is 13.1. The van der Waals surface area contributed by atoms with Crippen molar-refractivity contribution in [2.75, 3.05) is 24.3 Å². The van der Waals surface area contributed by atoms with Gasteiger partial charge in [-0.15, -0.1) is 0 Å². The fourth-order valence-corrected chi connectivity index (χ4v) is 1.97. The zero-order valence-corrected chi connectivity index (χ0v) is 11.4. The Morgan fingerprint density at radius 2 is 2.21 bits per heavy atom. The van der Waals surface area contributed by atoms with Crippen molar-refractivity contribution in [3.8, 4) is 0 Å². The molecule has 0 radical (unpaired) electrons.